The third-order valence-corrected chi connectivity index (χ3v) is 11.3. The van der Waals surface area contributed by atoms with Gasteiger partial charge in [-0.15, -0.1) is 0 Å². The summed E-state index contributed by atoms with van der Waals surface area (Å²) in [6, 6.07) is 0. The maximum absolute atomic E-state index is 5.51. The van der Waals surface area contributed by atoms with Crippen LogP contribution in [0, 0.1) is 47.3 Å². The third kappa shape index (κ3) is 5.99. The highest BCUT2D eigenvalue weighted by Crippen LogP contribution is 2.59. The number of thiol groups is 2. The molecule has 4 nitrogen and oxygen atoms in total. The average Bonchev–Trinajstić information content (AvgIpc) is 3.78. The largest absolute Gasteiger partial charge is 0.376 e. The fourth-order valence-corrected chi connectivity index (χ4v) is 9.87. The molecule has 0 spiro atoms. The van der Waals surface area contributed by atoms with Crippen molar-refractivity contribution in [1.29, 1.82) is 0 Å². The van der Waals surface area contributed by atoms with E-state index in [-0.39, 0.29) is 24.4 Å². The third-order valence-electron chi connectivity index (χ3n) is 11.3. The molecule has 0 radical (unpaired) electrons. The van der Waals surface area contributed by atoms with Gasteiger partial charge in [-0.25, -0.2) is 0 Å². The molecule has 6 saturated carbocycles. The summed E-state index contributed by atoms with van der Waals surface area (Å²) in [5.41, 5.74) is 0. The molecule has 8 fully saturated rings. The zero-order valence-electron chi connectivity index (χ0n) is 23.4. The number of ether oxygens (including phenoxy) is 4. The Morgan fingerprint density at radius 3 is 1.08 bits per heavy atom. The Balaban J connectivity index is 0.000000119. The van der Waals surface area contributed by atoms with Crippen LogP contribution in [-0.4, -0.2) is 64.4 Å². The van der Waals surface area contributed by atoms with Gasteiger partial charge >= 0.3 is 0 Å². The van der Waals surface area contributed by atoms with Crippen molar-refractivity contribution in [2.24, 2.45) is 47.3 Å². The van der Waals surface area contributed by atoms with E-state index in [0.29, 0.717) is 13.2 Å². The topological polar surface area (TPSA) is 36.9 Å². The van der Waals surface area contributed by atoms with E-state index in [9.17, 15) is 0 Å². The second-order valence-electron chi connectivity index (χ2n) is 12.3. The van der Waals surface area contributed by atoms with E-state index >= 15 is 0 Å². The van der Waals surface area contributed by atoms with Crippen LogP contribution in [-0.2, 0) is 18.9 Å². The molecular formula is C30H54O4S2. The van der Waals surface area contributed by atoms with Gasteiger partial charge in [-0.2, -0.15) is 25.3 Å². The average molecular weight is 543 g/mol. The van der Waals surface area contributed by atoms with Gasteiger partial charge in [0.1, 0.15) is 24.4 Å². The molecule has 0 N–H and O–H groups in total. The minimum atomic E-state index is 0.0694. The quantitative estimate of drug-likeness (QED) is 0.387. The number of rotatable bonds is 2. The van der Waals surface area contributed by atoms with Gasteiger partial charge in [0.25, 0.3) is 0 Å². The van der Waals surface area contributed by atoms with Crippen LogP contribution < -0.4 is 0 Å². The van der Waals surface area contributed by atoms with Crippen molar-refractivity contribution >= 4 is 25.3 Å². The summed E-state index contributed by atoms with van der Waals surface area (Å²) in [6.45, 7) is 1.23. The van der Waals surface area contributed by atoms with Crippen molar-refractivity contribution in [1.82, 2.24) is 0 Å². The number of hydrogen-bond donors (Lipinski definition) is 2. The number of methoxy groups -OCH3 is 2. The second-order valence-corrected chi connectivity index (χ2v) is 12.3. The molecule has 6 aliphatic carbocycles. The molecule has 8 aliphatic rings. The summed E-state index contributed by atoms with van der Waals surface area (Å²) >= 11 is 7.06. The highest BCUT2D eigenvalue weighted by Gasteiger charge is 2.50. The molecule has 0 aromatic rings. The molecule has 8 rings (SSSR count). The summed E-state index contributed by atoms with van der Waals surface area (Å²) in [6.07, 6.45) is 22.8. The molecule has 210 valence electrons. The second kappa shape index (κ2) is 14.3. The van der Waals surface area contributed by atoms with Gasteiger partial charge < -0.3 is 18.9 Å². The molecule has 0 amide bonds. The molecule has 4 bridgehead atoms. The van der Waals surface area contributed by atoms with Gasteiger partial charge in [-0.05, 0) is 124 Å². The Labute approximate surface area is 232 Å². The van der Waals surface area contributed by atoms with E-state index in [2.05, 4.69) is 25.3 Å². The standard InChI is InChI=1S/2C10H16.C8H14O4.2CH4S/c2*1-2-9-7-4-5-8(6-7)10(9)3-1;1-9-5-3-11-8-6(10-2)4-12-7(5)8;2*1-2/h2*7-10H,1-6H2;5-8H,3-4H2,1-2H3;2*2H,1H3. The summed E-state index contributed by atoms with van der Waals surface area (Å²) in [7, 11) is 3.36. The van der Waals surface area contributed by atoms with Crippen LogP contribution in [0.2, 0.25) is 0 Å². The molecule has 12 unspecified atom stereocenters. The van der Waals surface area contributed by atoms with Crippen molar-refractivity contribution < 1.29 is 18.9 Å². The van der Waals surface area contributed by atoms with Crippen molar-refractivity contribution in [2.45, 2.75) is 101 Å². The Hall–Kier alpha value is 0.540. The van der Waals surface area contributed by atoms with E-state index in [1.807, 2.05) is 0 Å². The first-order valence-electron chi connectivity index (χ1n) is 14.9. The molecule has 0 aromatic carbocycles. The van der Waals surface area contributed by atoms with E-state index in [0.717, 1.165) is 0 Å². The Morgan fingerprint density at radius 1 is 0.500 bits per heavy atom. The molecule has 2 saturated heterocycles. The fraction of sp³-hybridized carbons (Fsp3) is 1.00. The molecular weight excluding hydrogens is 488 g/mol. The lowest BCUT2D eigenvalue weighted by Crippen LogP contribution is -2.32. The summed E-state index contributed by atoms with van der Waals surface area (Å²) in [5, 5.41) is 0. The fourth-order valence-electron chi connectivity index (χ4n) is 9.87. The Bertz CT molecular complexity index is 564. The number of fused-ring (bicyclic) bond motifs is 11. The van der Waals surface area contributed by atoms with E-state index in [1.165, 1.54) is 47.3 Å². The minimum absolute atomic E-state index is 0.0694. The molecule has 2 aliphatic heterocycles. The lowest BCUT2D eigenvalue weighted by molar-refractivity contribution is -0.0267. The van der Waals surface area contributed by atoms with Crippen LogP contribution in [0.1, 0.15) is 77.0 Å². The van der Waals surface area contributed by atoms with Crippen molar-refractivity contribution in [3.05, 3.63) is 0 Å². The van der Waals surface area contributed by atoms with Crippen LogP contribution in [0.3, 0.4) is 0 Å². The zero-order valence-corrected chi connectivity index (χ0v) is 25.1. The lowest BCUT2D eigenvalue weighted by atomic mass is 9.82. The van der Waals surface area contributed by atoms with Gasteiger partial charge in [0.2, 0.25) is 0 Å². The van der Waals surface area contributed by atoms with Crippen LogP contribution >= 0.6 is 25.3 Å². The molecule has 0 aromatic heterocycles. The minimum Gasteiger partial charge on any atom is -0.376 e. The van der Waals surface area contributed by atoms with Gasteiger partial charge in [-0.3, -0.25) is 0 Å². The smallest absolute Gasteiger partial charge is 0.115 e. The highest BCUT2D eigenvalue weighted by molar-refractivity contribution is 7.79. The first-order chi connectivity index (χ1) is 17.8. The molecule has 2 heterocycles. The predicted molar refractivity (Wildman–Crippen MR) is 154 cm³/mol. The van der Waals surface area contributed by atoms with E-state index in [1.54, 1.807) is 104 Å². The van der Waals surface area contributed by atoms with Crippen molar-refractivity contribution in [3.63, 3.8) is 0 Å². The monoisotopic (exact) mass is 542 g/mol. The first kappa shape index (κ1) is 29.5. The summed E-state index contributed by atoms with van der Waals surface area (Å²) in [5.74, 6) is 9.60. The van der Waals surface area contributed by atoms with Crippen molar-refractivity contribution in [3.8, 4) is 0 Å². The van der Waals surface area contributed by atoms with Gasteiger partial charge in [-0.1, -0.05) is 12.8 Å². The maximum atomic E-state index is 5.51. The lowest BCUT2D eigenvalue weighted by Gasteiger charge is -2.23. The van der Waals surface area contributed by atoms with Gasteiger partial charge in [0.15, 0.2) is 0 Å². The normalized spacial score (nSPS) is 47.8. The highest BCUT2D eigenvalue weighted by atomic mass is 32.1. The van der Waals surface area contributed by atoms with Crippen LogP contribution in [0.4, 0.5) is 0 Å². The van der Waals surface area contributed by atoms with E-state index in [4.69, 9.17) is 18.9 Å². The predicted octanol–water partition coefficient (Wildman–Crippen LogP) is 6.57. The molecule has 36 heavy (non-hydrogen) atoms. The van der Waals surface area contributed by atoms with Crippen LogP contribution in [0.5, 0.6) is 0 Å². The van der Waals surface area contributed by atoms with Crippen molar-refractivity contribution in [2.75, 3.05) is 39.9 Å². The first-order valence-corrected chi connectivity index (χ1v) is 16.7. The van der Waals surface area contributed by atoms with Crippen LogP contribution in [0.25, 0.3) is 0 Å². The Kier molecular flexibility index (Phi) is 11.7. The van der Waals surface area contributed by atoms with Crippen LogP contribution in [0.15, 0.2) is 0 Å². The Morgan fingerprint density at radius 2 is 0.806 bits per heavy atom. The van der Waals surface area contributed by atoms with Gasteiger partial charge in [0.05, 0.1) is 13.2 Å². The zero-order chi connectivity index (χ0) is 25.7. The molecule has 6 heteroatoms. The maximum Gasteiger partial charge on any atom is 0.115 e. The summed E-state index contributed by atoms with van der Waals surface area (Å²) in [4.78, 5) is 0. The van der Waals surface area contributed by atoms with E-state index < -0.39 is 0 Å². The molecule has 12 atom stereocenters. The SMILES string of the molecule is C1CC2C3CCC(C3)C2C1.C1CC2C3CCC(C3)C2C1.COC1COC2C(OC)COC12.CS.CS. The van der Waals surface area contributed by atoms with Gasteiger partial charge in [0, 0.05) is 14.2 Å². The number of hydrogen-bond acceptors (Lipinski definition) is 6. The summed E-state index contributed by atoms with van der Waals surface area (Å²) < 4.78 is 21.4.